The molecule has 0 amide bonds. The maximum Gasteiger partial charge on any atom is 0.428 e. The maximum atomic E-state index is 13.7. The van der Waals surface area contributed by atoms with Crippen molar-refractivity contribution in [3.05, 3.63) is 65.7 Å². The lowest BCUT2D eigenvalue weighted by Crippen LogP contribution is -2.41. The van der Waals surface area contributed by atoms with E-state index in [0.717, 1.165) is 5.56 Å². The third-order valence-corrected chi connectivity index (χ3v) is 3.86. The van der Waals surface area contributed by atoms with E-state index in [9.17, 15) is 17.6 Å². The van der Waals surface area contributed by atoms with Crippen LogP contribution in [-0.2, 0) is 17.7 Å². The van der Waals surface area contributed by atoms with E-state index in [4.69, 9.17) is 4.74 Å². The summed E-state index contributed by atoms with van der Waals surface area (Å²) in [4.78, 5) is 5.11. The molecule has 0 radical (unpaired) electrons. The zero-order valence-electron chi connectivity index (χ0n) is 12.7. The number of hydrogen-bond donors (Lipinski definition) is 0. The highest BCUT2D eigenvalue weighted by Crippen LogP contribution is 2.33. The Kier molecular flexibility index (Phi) is 4.82. The lowest BCUT2D eigenvalue weighted by molar-refractivity contribution is -0.247. The second-order valence-corrected chi connectivity index (χ2v) is 5.70. The summed E-state index contributed by atoms with van der Waals surface area (Å²) in [5.74, 6) is -0.536. The predicted octanol–water partition coefficient (Wildman–Crippen LogP) is 3.55. The SMILES string of the molecule is Fc1cccnc1CC1CN(Cc2ccccc2)[C@@H](C(F)(F)F)O1. The summed E-state index contributed by atoms with van der Waals surface area (Å²) in [6.07, 6.45) is -5.84. The highest BCUT2D eigenvalue weighted by Gasteiger charge is 2.50. The van der Waals surface area contributed by atoms with Crippen molar-refractivity contribution in [3.63, 3.8) is 0 Å². The molecule has 24 heavy (non-hydrogen) atoms. The molecule has 0 spiro atoms. The van der Waals surface area contributed by atoms with Gasteiger partial charge in [0.05, 0.1) is 11.8 Å². The highest BCUT2D eigenvalue weighted by molar-refractivity contribution is 5.15. The Morgan fingerprint density at radius 3 is 2.54 bits per heavy atom. The van der Waals surface area contributed by atoms with Gasteiger partial charge >= 0.3 is 6.18 Å². The molecular formula is C17H16F4N2O. The average molecular weight is 340 g/mol. The fourth-order valence-corrected chi connectivity index (χ4v) is 2.82. The Balaban J connectivity index is 1.74. The minimum absolute atomic E-state index is 0.00451. The van der Waals surface area contributed by atoms with Crippen molar-refractivity contribution < 1.29 is 22.3 Å². The minimum Gasteiger partial charge on any atom is -0.349 e. The second-order valence-electron chi connectivity index (χ2n) is 5.70. The zero-order valence-corrected chi connectivity index (χ0v) is 12.7. The molecule has 1 aromatic heterocycles. The van der Waals surface area contributed by atoms with Crippen molar-refractivity contribution in [1.29, 1.82) is 0 Å². The summed E-state index contributed by atoms with van der Waals surface area (Å²) in [6, 6.07) is 11.6. The van der Waals surface area contributed by atoms with Crippen LogP contribution < -0.4 is 0 Å². The Labute approximate surface area is 136 Å². The third-order valence-electron chi connectivity index (χ3n) is 3.86. The third kappa shape index (κ3) is 3.91. The van der Waals surface area contributed by atoms with Gasteiger partial charge in [-0.25, -0.2) is 4.39 Å². The lowest BCUT2D eigenvalue weighted by atomic mass is 10.1. The van der Waals surface area contributed by atoms with E-state index in [1.54, 1.807) is 30.3 Å². The Morgan fingerprint density at radius 2 is 1.88 bits per heavy atom. The number of pyridine rings is 1. The van der Waals surface area contributed by atoms with E-state index in [1.165, 1.54) is 23.2 Å². The molecule has 0 aliphatic carbocycles. The summed E-state index contributed by atoms with van der Waals surface area (Å²) < 4.78 is 58.6. The Bertz CT molecular complexity index is 678. The number of halogens is 4. The van der Waals surface area contributed by atoms with Gasteiger partial charge in [-0.15, -0.1) is 0 Å². The predicted molar refractivity (Wildman–Crippen MR) is 79.5 cm³/mol. The smallest absolute Gasteiger partial charge is 0.349 e. The molecular weight excluding hydrogens is 324 g/mol. The molecule has 1 aromatic carbocycles. The molecule has 1 aliphatic rings. The van der Waals surface area contributed by atoms with Gasteiger partial charge in [-0.05, 0) is 17.7 Å². The van der Waals surface area contributed by atoms with Gasteiger partial charge in [0, 0.05) is 25.7 Å². The van der Waals surface area contributed by atoms with Gasteiger partial charge in [0.2, 0.25) is 6.23 Å². The summed E-state index contributed by atoms with van der Waals surface area (Å²) in [5.41, 5.74) is 0.880. The average Bonchev–Trinajstić information content (AvgIpc) is 2.93. The monoisotopic (exact) mass is 340 g/mol. The highest BCUT2D eigenvalue weighted by atomic mass is 19.4. The maximum absolute atomic E-state index is 13.7. The van der Waals surface area contributed by atoms with Gasteiger partial charge in [-0.2, -0.15) is 13.2 Å². The van der Waals surface area contributed by atoms with Crippen LogP contribution in [0, 0.1) is 5.82 Å². The van der Waals surface area contributed by atoms with Crippen LogP contribution in [0.3, 0.4) is 0 Å². The second kappa shape index (κ2) is 6.86. The molecule has 128 valence electrons. The Hall–Kier alpha value is -1.99. The van der Waals surface area contributed by atoms with Crippen LogP contribution in [0.15, 0.2) is 48.7 Å². The fourth-order valence-electron chi connectivity index (χ4n) is 2.82. The molecule has 1 unspecified atom stereocenters. The molecule has 3 rings (SSSR count). The van der Waals surface area contributed by atoms with Crippen molar-refractivity contribution in [2.24, 2.45) is 0 Å². The molecule has 7 heteroatoms. The van der Waals surface area contributed by atoms with Crippen LogP contribution in [0.2, 0.25) is 0 Å². The van der Waals surface area contributed by atoms with Crippen molar-refractivity contribution in [2.75, 3.05) is 6.54 Å². The minimum atomic E-state index is -4.51. The van der Waals surface area contributed by atoms with Crippen LogP contribution in [0.4, 0.5) is 17.6 Å². The van der Waals surface area contributed by atoms with Crippen molar-refractivity contribution >= 4 is 0 Å². The number of nitrogens with zero attached hydrogens (tertiary/aromatic N) is 2. The summed E-state index contributed by atoms with van der Waals surface area (Å²) in [5, 5.41) is 0. The van der Waals surface area contributed by atoms with Crippen LogP contribution >= 0.6 is 0 Å². The number of hydrogen-bond acceptors (Lipinski definition) is 3. The van der Waals surface area contributed by atoms with E-state index in [1.807, 2.05) is 0 Å². The molecule has 0 saturated carbocycles. The number of ether oxygens (including phenoxy) is 1. The number of aromatic nitrogens is 1. The topological polar surface area (TPSA) is 25.4 Å². The summed E-state index contributed by atoms with van der Waals surface area (Å²) in [7, 11) is 0. The van der Waals surface area contributed by atoms with E-state index in [0.29, 0.717) is 0 Å². The first kappa shape index (κ1) is 16.9. The van der Waals surface area contributed by atoms with Crippen LogP contribution in [0.1, 0.15) is 11.3 Å². The van der Waals surface area contributed by atoms with E-state index < -0.39 is 24.3 Å². The number of alkyl halides is 3. The van der Waals surface area contributed by atoms with E-state index >= 15 is 0 Å². The number of rotatable bonds is 4. The van der Waals surface area contributed by atoms with Crippen LogP contribution in [0.25, 0.3) is 0 Å². The van der Waals surface area contributed by atoms with Gasteiger partial charge in [0.25, 0.3) is 0 Å². The molecule has 2 heterocycles. The van der Waals surface area contributed by atoms with Crippen molar-refractivity contribution in [2.45, 2.75) is 31.5 Å². The van der Waals surface area contributed by atoms with E-state index in [2.05, 4.69) is 4.98 Å². The lowest BCUT2D eigenvalue weighted by Gasteiger charge is -2.24. The first-order valence-electron chi connectivity index (χ1n) is 7.53. The molecule has 0 N–H and O–H groups in total. The first-order chi connectivity index (χ1) is 11.4. The molecule has 1 saturated heterocycles. The standard InChI is InChI=1S/C17H16F4N2O/c18-14-7-4-8-22-15(14)9-13-11-23(16(24-13)17(19,20)21)10-12-5-2-1-3-6-12/h1-8,13,16H,9-11H2/t13?,16-/m1/s1. The van der Waals surface area contributed by atoms with Crippen LogP contribution in [0.5, 0.6) is 0 Å². The van der Waals surface area contributed by atoms with Gasteiger partial charge in [0.15, 0.2) is 0 Å². The normalized spacial score (nSPS) is 22.0. The summed E-state index contributed by atoms with van der Waals surface area (Å²) in [6.45, 7) is 0.182. The zero-order chi connectivity index (χ0) is 17.2. The Morgan fingerprint density at radius 1 is 1.12 bits per heavy atom. The molecule has 1 aliphatic heterocycles. The van der Waals surface area contributed by atoms with Gasteiger partial charge < -0.3 is 4.74 Å². The van der Waals surface area contributed by atoms with Gasteiger partial charge in [-0.3, -0.25) is 9.88 Å². The molecule has 2 aromatic rings. The fraction of sp³-hybridized carbons (Fsp3) is 0.353. The van der Waals surface area contributed by atoms with Crippen molar-refractivity contribution in [3.8, 4) is 0 Å². The molecule has 0 bridgehead atoms. The molecule has 2 atom stereocenters. The van der Waals surface area contributed by atoms with Crippen molar-refractivity contribution in [1.82, 2.24) is 9.88 Å². The largest absolute Gasteiger partial charge is 0.428 e. The van der Waals surface area contributed by atoms with Gasteiger partial charge in [-0.1, -0.05) is 30.3 Å². The molecule has 1 fully saturated rings. The summed E-state index contributed by atoms with van der Waals surface area (Å²) >= 11 is 0. The first-order valence-corrected chi connectivity index (χ1v) is 7.53. The number of benzene rings is 1. The quantitative estimate of drug-likeness (QED) is 0.796. The molecule has 3 nitrogen and oxygen atoms in total. The van der Waals surface area contributed by atoms with Gasteiger partial charge in [0.1, 0.15) is 5.82 Å². The van der Waals surface area contributed by atoms with Crippen LogP contribution in [-0.4, -0.2) is 34.9 Å². The van der Waals surface area contributed by atoms with E-state index in [-0.39, 0.29) is 25.2 Å².